The Morgan fingerprint density at radius 2 is 1.63 bits per heavy atom. The minimum atomic E-state index is -4.53. The normalized spacial score (nSPS) is 19.5. The third-order valence-electron chi connectivity index (χ3n) is 3.30. The maximum absolute atomic E-state index is 12.3. The number of β-amino-alcohol motifs (C(OH)–C–C–N with tert-alkyl or cyclic N) is 1. The number of halogens is 3. The number of nitrogens with zero attached hydrogens (tertiary/aromatic N) is 2. The van der Waals surface area contributed by atoms with Gasteiger partial charge < -0.3 is 10.0 Å². The molecule has 0 radical (unpaired) electrons. The number of rotatable bonds is 3. The van der Waals surface area contributed by atoms with Crippen molar-refractivity contribution in [3.05, 3.63) is 30.3 Å². The number of hydrogen-bond donors (Lipinski definition) is 1. The largest absolute Gasteiger partial charge is 0.415 e. The fourth-order valence-electron chi connectivity index (χ4n) is 2.18. The molecule has 6 heteroatoms. The van der Waals surface area contributed by atoms with Gasteiger partial charge in [0.1, 0.15) is 0 Å². The van der Waals surface area contributed by atoms with Gasteiger partial charge in [-0.15, -0.1) is 0 Å². The first kappa shape index (κ1) is 14.1. The standard InChI is InChI=1S/C13H17F3N2O/c14-13(15,16)12(19)10-17-6-8-18(9-7-17)11-4-2-1-3-5-11/h1-5,12,19H,6-10H2/t12-/m1/s1. The Morgan fingerprint density at radius 1 is 1.05 bits per heavy atom. The molecule has 1 aliphatic heterocycles. The van der Waals surface area contributed by atoms with Gasteiger partial charge in [0, 0.05) is 38.4 Å². The van der Waals surface area contributed by atoms with Gasteiger partial charge in [-0.25, -0.2) is 0 Å². The quantitative estimate of drug-likeness (QED) is 0.909. The maximum atomic E-state index is 12.3. The smallest absolute Gasteiger partial charge is 0.382 e. The van der Waals surface area contributed by atoms with Gasteiger partial charge in [0.05, 0.1) is 0 Å². The molecule has 1 saturated heterocycles. The highest BCUT2D eigenvalue weighted by molar-refractivity contribution is 5.46. The van der Waals surface area contributed by atoms with E-state index in [2.05, 4.69) is 4.90 Å². The maximum Gasteiger partial charge on any atom is 0.415 e. The molecule has 0 amide bonds. The molecule has 0 unspecified atom stereocenters. The molecule has 1 N–H and O–H groups in total. The second-order valence-electron chi connectivity index (χ2n) is 4.68. The number of benzene rings is 1. The van der Waals surface area contributed by atoms with E-state index >= 15 is 0 Å². The molecular weight excluding hydrogens is 257 g/mol. The van der Waals surface area contributed by atoms with Crippen LogP contribution in [0.2, 0.25) is 0 Å². The van der Waals surface area contributed by atoms with Crippen molar-refractivity contribution in [2.75, 3.05) is 37.6 Å². The molecule has 0 spiro atoms. The molecule has 0 aromatic heterocycles. The third kappa shape index (κ3) is 3.84. The molecular formula is C13H17F3N2O. The van der Waals surface area contributed by atoms with Crippen LogP contribution < -0.4 is 4.90 Å². The third-order valence-corrected chi connectivity index (χ3v) is 3.30. The van der Waals surface area contributed by atoms with Crippen LogP contribution in [0.4, 0.5) is 18.9 Å². The Labute approximate surface area is 110 Å². The molecule has 0 saturated carbocycles. The van der Waals surface area contributed by atoms with E-state index in [0.29, 0.717) is 26.2 Å². The van der Waals surface area contributed by atoms with Crippen molar-refractivity contribution in [1.82, 2.24) is 4.90 Å². The molecule has 106 valence electrons. The van der Waals surface area contributed by atoms with Crippen LogP contribution in [-0.2, 0) is 0 Å². The Balaban J connectivity index is 1.83. The summed E-state index contributed by atoms with van der Waals surface area (Å²) in [7, 11) is 0. The number of para-hydroxylation sites is 1. The summed E-state index contributed by atoms with van der Waals surface area (Å²) in [5, 5.41) is 9.04. The molecule has 1 fully saturated rings. The molecule has 19 heavy (non-hydrogen) atoms. The van der Waals surface area contributed by atoms with Crippen LogP contribution in [-0.4, -0.2) is 55.0 Å². The minimum Gasteiger partial charge on any atom is -0.382 e. The van der Waals surface area contributed by atoms with E-state index in [1.54, 1.807) is 4.90 Å². The zero-order valence-electron chi connectivity index (χ0n) is 10.5. The Hall–Kier alpha value is -1.27. The predicted molar refractivity (Wildman–Crippen MR) is 67.2 cm³/mol. The van der Waals surface area contributed by atoms with Gasteiger partial charge in [-0.2, -0.15) is 13.2 Å². The van der Waals surface area contributed by atoms with Crippen LogP contribution >= 0.6 is 0 Å². The Kier molecular flexibility index (Phi) is 4.31. The summed E-state index contributed by atoms with van der Waals surface area (Å²) in [6.45, 7) is 2.07. The van der Waals surface area contributed by atoms with Crippen molar-refractivity contribution in [2.24, 2.45) is 0 Å². The summed E-state index contributed by atoms with van der Waals surface area (Å²) >= 11 is 0. The zero-order valence-corrected chi connectivity index (χ0v) is 10.5. The van der Waals surface area contributed by atoms with Crippen molar-refractivity contribution in [1.29, 1.82) is 0 Å². The summed E-state index contributed by atoms with van der Waals surface area (Å²) < 4.78 is 36.8. The average Bonchev–Trinajstić information content (AvgIpc) is 2.39. The molecule has 1 heterocycles. The molecule has 1 aromatic carbocycles. The first-order valence-electron chi connectivity index (χ1n) is 6.24. The monoisotopic (exact) mass is 274 g/mol. The van der Waals surface area contributed by atoms with Gasteiger partial charge >= 0.3 is 6.18 Å². The molecule has 1 aromatic rings. The molecule has 3 nitrogen and oxygen atoms in total. The van der Waals surface area contributed by atoms with E-state index in [1.807, 2.05) is 30.3 Å². The van der Waals surface area contributed by atoms with Crippen LogP contribution in [0.1, 0.15) is 0 Å². The van der Waals surface area contributed by atoms with Crippen molar-refractivity contribution >= 4 is 5.69 Å². The predicted octanol–water partition coefficient (Wildman–Crippen LogP) is 1.73. The lowest BCUT2D eigenvalue weighted by molar-refractivity contribution is -0.208. The topological polar surface area (TPSA) is 26.7 Å². The number of hydrogen-bond acceptors (Lipinski definition) is 3. The first-order valence-corrected chi connectivity index (χ1v) is 6.24. The zero-order chi connectivity index (χ0) is 13.9. The molecule has 0 aliphatic carbocycles. The minimum absolute atomic E-state index is 0.341. The fraction of sp³-hybridized carbons (Fsp3) is 0.538. The van der Waals surface area contributed by atoms with Gasteiger partial charge in [0.2, 0.25) is 0 Å². The lowest BCUT2D eigenvalue weighted by Gasteiger charge is -2.37. The van der Waals surface area contributed by atoms with Crippen molar-refractivity contribution in [3.8, 4) is 0 Å². The highest BCUT2D eigenvalue weighted by Crippen LogP contribution is 2.22. The molecule has 0 bridgehead atoms. The second-order valence-corrected chi connectivity index (χ2v) is 4.68. The molecule has 2 rings (SSSR count). The van der Waals surface area contributed by atoms with E-state index < -0.39 is 12.3 Å². The number of anilines is 1. The van der Waals surface area contributed by atoms with Crippen molar-refractivity contribution in [2.45, 2.75) is 12.3 Å². The van der Waals surface area contributed by atoms with Crippen molar-refractivity contribution in [3.63, 3.8) is 0 Å². The second kappa shape index (κ2) is 5.79. The number of alkyl halides is 3. The van der Waals surface area contributed by atoms with Crippen LogP contribution in [0.3, 0.4) is 0 Å². The van der Waals surface area contributed by atoms with Crippen LogP contribution in [0.5, 0.6) is 0 Å². The van der Waals surface area contributed by atoms with Crippen molar-refractivity contribution < 1.29 is 18.3 Å². The first-order chi connectivity index (χ1) is 8.97. The number of aliphatic hydroxyl groups is 1. The lowest BCUT2D eigenvalue weighted by Crippen LogP contribution is -2.50. The SMILES string of the molecule is O[C@H](CN1CCN(c2ccccc2)CC1)C(F)(F)F. The van der Waals surface area contributed by atoms with Gasteiger partial charge in [-0.05, 0) is 12.1 Å². The summed E-state index contributed by atoms with van der Waals surface area (Å²) in [6.07, 6.45) is -6.79. The fourth-order valence-corrected chi connectivity index (χ4v) is 2.18. The van der Waals surface area contributed by atoms with Gasteiger partial charge in [0.15, 0.2) is 6.10 Å². The van der Waals surface area contributed by atoms with Crippen LogP contribution in [0.25, 0.3) is 0 Å². The number of piperazine rings is 1. The Morgan fingerprint density at radius 3 is 2.16 bits per heavy atom. The highest BCUT2D eigenvalue weighted by atomic mass is 19.4. The van der Waals surface area contributed by atoms with Crippen LogP contribution in [0.15, 0.2) is 30.3 Å². The summed E-state index contributed by atoms with van der Waals surface area (Å²) in [5.74, 6) is 0. The lowest BCUT2D eigenvalue weighted by atomic mass is 10.2. The van der Waals surface area contributed by atoms with Gasteiger partial charge in [-0.1, -0.05) is 18.2 Å². The Bertz CT molecular complexity index is 389. The number of aliphatic hydroxyl groups excluding tert-OH is 1. The summed E-state index contributed by atoms with van der Waals surface area (Å²) in [4.78, 5) is 3.79. The molecule has 1 atom stereocenters. The summed E-state index contributed by atoms with van der Waals surface area (Å²) in [6, 6.07) is 9.78. The van der Waals surface area contributed by atoms with Gasteiger partial charge in [0.25, 0.3) is 0 Å². The highest BCUT2D eigenvalue weighted by Gasteiger charge is 2.39. The molecule has 1 aliphatic rings. The van der Waals surface area contributed by atoms with Gasteiger partial charge in [-0.3, -0.25) is 4.90 Å². The van der Waals surface area contributed by atoms with E-state index in [9.17, 15) is 13.2 Å². The average molecular weight is 274 g/mol. The van der Waals surface area contributed by atoms with E-state index in [-0.39, 0.29) is 6.54 Å². The van der Waals surface area contributed by atoms with E-state index in [4.69, 9.17) is 5.11 Å². The van der Waals surface area contributed by atoms with E-state index in [0.717, 1.165) is 5.69 Å². The van der Waals surface area contributed by atoms with E-state index in [1.165, 1.54) is 0 Å². The van der Waals surface area contributed by atoms with Crippen LogP contribution in [0, 0.1) is 0 Å². The summed E-state index contributed by atoms with van der Waals surface area (Å²) in [5.41, 5.74) is 1.08.